The Kier molecular flexibility index (Phi) is 5.14. The maximum atomic E-state index is 11.8. The van der Waals surface area contributed by atoms with Gasteiger partial charge in [0.1, 0.15) is 6.04 Å². The molecule has 0 spiro atoms. The second kappa shape index (κ2) is 6.63. The van der Waals surface area contributed by atoms with Crippen molar-refractivity contribution in [3.8, 4) is 6.07 Å². The summed E-state index contributed by atoms with van der Waals surface area (Å²) in [6.45, 7) is 0.517. The average molecular weight is 232 g/mol. The maximum absolute atomic E-state index is 11.8. The molecule has 1 unspecified atom stereocenters. The summed E-state index contributed by atoms with van der Waals surface area (Å²) in [5.74, 6) is 4.90. The lowest BCUT2D eigenvalue weighted by molar-refractivity contribution is -0.126. The molecule has 0 aliphatic carbocycles. The Bertz CT molecular complexity index is 399. The van der Waals surface area contributed by atoms with Gasteiger partial charge in [-0.15, -0.1) is 0 Å². The van der Waals surface area contributed by atoms with Crippen LogP contribution in [0.2, 0.25) is 0 Å². The fourth-order valence-corrected chi connectivity index (χ4v) is 1.68. The monoisotopic (exact) mass is 232 g/mol. The molecule has 0 fully saturated rings. The minimum Gasteiger partial charge on any atom is -0.293 e. The first kappa shape index (κ1) is 13.2. The molecule has 3 N–H and O–H groups in total. The van der Waals surface area contributed by atoms with Gasteiger partial charge >= 0.3 is 0 Å². The van der Waals surface area contributed by atoms with Crippen molar-refractivity contribution < 1.29 is 4.79 Å². The third-order valence-corrected chi connectivity index (χ3v) is 2.52. The SMILES string of the molecule is CN(CCC#N)C(C(=O)NN)c1ccccc1. The Balaban J connectivity index is 2.89. The molecule has 0 saturated heterocycles. The molecule has 1 aromatic rings. The quantitative estimate of drug-likeness (QED) is 0.441. The van der Waals surface area contributed by atoms with Crippen molar-refractivity contribution in [1.82, 2.24) is 10.3 Å². The zero-order valence-electron chi connectivity index (χ0n) is 9.76. The highest BCUT2D eigenvalue weighted by Gasteiger charge is 2.23. The van der Waals surface area contributed by atoms with Gasteiger partial charge in [-0.25, -0.2) is 5.84 Å². The summed E-state index contributed by atoms with van der Waals surface area (Å²) in [6, 6.07) is 10.9. The molecule has 0 heterocycles. The molecule has 5 heteroatoms. The van der Waals surface area contributed by atoms with Gasteiger partial charge in [-0.05, 0) is 12.6 Å². The minimum absolute atomic E-state index is 0.281. The van der Waals surface area contributed by atoms with Gasteiger partial charge in [-0.2, -0.15) is 5.26 Å². The van der Waals surface area contributed by atoms with E-state index in [2.05, 4.69) is 11.5 Å². The molecule has 17 heavy (non-hydrogen) atoms. The highest BCUT2D eigenvalue weighted by atomic mass is 16.2. The van der Waals surface area contributed by atoms with Crippen molar-refractivity contribution in [3.63, 3.8) is 0 Å². The average Bonchev–Trinajstić information content (AvgIpc) is 2.37. The van der Waals surface area contributed by atoms with Gasteiger partial charge in [0.25, 0.3) is 5.91 Å². The summed E-state index contributed by atoms with van der Waals surface area (Å²) in [7, 11) is 1.80. The number of nitriles is 1. The number of carbonyl (C=O) groups is 1. The lowest BCUT2D eigenvalue weighted by Gasteiger charge is -2.25. The third kappa shape index (κ3) is 3.55. The molecule has 1 atom stereocenters. The number of likely N-dealkylation sites (N-methyl/N-ethyl adjacent to an activating group) is 1. The standard InChI is InChI=1S/C12H16N4O/c1-16(9-5-8-13)11(12(17)15-14)10-6-3-2-4-7-10/h2-4,6-7,11H,5,9,14H2,1H3,(H,15,17). The predicted octanol–water partition coefficient (Wildman–Crippen LogP) is 0.563. The molecule has 90 valence electrons. The van der Waals surface area contributed by atoms with Crippen LogP contribution in [-0.2, 0) is 4.79 Å². The molecule has 1 rings (SSSR count). The van der Waals surface area contributed by atoms with E-state index in [1.54, 1.807) is 11.9 Å². The Morgan fingerprint density at radius 3 is 2.71 bits per heavy atom. The number of nitrogens with one attached hydrogen (secondary N) is 1. The molecule has 0 aliphatic rings. The van der Waals surface area contributed by atoms with Crippen LogP contribution in [0.15, 0.2) is 30.3 Å². The van der Waals surface area contributed by atoms with Crippen molar-refractivity contribution in [2.24, 2.45) is 5.84 Å². The van der Waals surface area contributed by atoms with Gasteiger partial charge in [0.2, 0.25) is 0 Å². The van der Waals surface area contributed by atoms with Crippen LogP contribution in [0.1, 0.15) is 18.0 Å². The number of hydrogen-bond acceptors (Lipinski definition) is 4. The first-order chi connectivity index (χ1) is 8.20. The van der Waals surface area contributed by atoms with Crippen LogP contribution < -0.4 is 11.3 Å². The number of rotatable bonds is 5. The number of hydrogen-bond donors (Lipinski definition) is 2. The lowest BCUT2D eigenvalue weighted by atomic mass is 10.1. The number of hydrazine groups is 1. The van der Waals surface area contributed by atoms with E-state index in [-0.39, 0.29) is 5.91 Å². The lowest BCUT2D eigenvalue weighted by Crippen LogP contribution is -2.42. The predicted molar refractivity (Wildman–Crippen MR) is 64.4 cm³/mol. The zero-order chi connectivity index (χ0) is 12.7. The van der Waals surface area contributed by atoms with E-state index >= 15 is 0 Å². The molecule has 0 radical (unpaired) electrons. The van der Waals surface area contributed by atoms with E-state index in [0.717, 1.165) is 5.56 Å². The second-order valence-electron chi connectivity index (χ2n) is 3.71. The normalized spacial score (nSPS) is 11.9. The second-order valence-corrected chi connectivity index (χ2v) is 3.71. The van der Waals surface area contributed by atoms with E-state index in [0.29, 0.717) is 13.0 Å². The van der Waals surface area contributed by atoms with Crippen molar-refractivity contribution in [2.75, 3.05) is 13.6 Å². The van der Waals surface area contributed by atoms with E-state index in [4.69, 9.17) is 11.1 Å². The summed E-state index contributed by atoms with van der Waals surface area (Å²) in [5.41, 5.74) is 3.01. The summed E-state index contributed by atoms with van der Waals surface area (Å²) >= 11 is 0. The van der Waals surface area contributed by atoms with E-state index in [1.807, 2.05) is 30.3 Å². The molecular weight excluding hydrogens is 216 g/mol. The van der Waals surface area contributed by atoms with Gasteiger partial charge < -0.3 is 0 Å². The Labute approximate surface area is 101 Å². The first-order valence-corrected chi connectivity index (χ1v) is 5.33. The molecule has 0 saturated carbocycles. The van der Waals surface area contributed by atoms with Crippen LogP contribution in [0.3, 0.4) is 0 Å². The van der Waals surface area contributed by atoms with Gasteiger partial charge in [0, 0.05) is 13.0 Å². The fraction of sp³-hybridized carbons (Fsp3) is 0.333. The Morgan fingerprint density at radius 1 is 1.53 bits per heavy atom. The molecule has 0 bridgehead atoms. The van der Waals surface area contributed by atoms with Crippen LogP contribution in [0.5, 0.6) is 0 Å². The minimum atomic E-state index is -0.463. The zero-order valence-corrected chi connectivity index (χ0v) is 9.76. The Morgan fingerprint density at radius 2 is 2.18 bits per heavy atom. The number of amides is 1. The Hall–Kier alpha value is -1.90. The number of benzene rings is 1. The van der Waals surface area contributed by atoms with Crippen molar-refractivity contribution in [3.05, 3.63) is 35.9 Å². The van der Waals surface area contributed by atoms with Crippen LogP contribution in [0.25, 0.3) is 0 Å². The number of nitrogens with two attached hydrogens (primary N) is 1. The largest absolute Gasteiger partial charge is 0.293 e. The fourth-order valence-electron chi connectivity index (χ4n) is 1.68. The van der Waals surface area contributed by atoms with Crippen LogP contribution in [0.4, 0.5) is 0 Å². The van der Waals surface area contributed by atoms with E-state index in [1.165, 1.54) is 0 Å². The van der Waals surface area contributed by atoms with Crippen LogP contribution in [0, 0.1) is 11.3 Å². The molecule has 1 aromatic carbocycles. The molecule has 0 aliphatic heterocycles. The number of carbonyl (C=O) groups excluding carboxylic acids is 1. The summed E-state index contributed by atoms with van der Waals surface area (Å²) in [6.07, 6.45) is 0.373. The van der Waals surface area contributed by atoms with Crippen molar-refractivity contribution in [2.45, 2.75) is 12.5 Å². The molecule has 1 amide bonds. The smallest absolute Gasteiger partial charge is 0.255 e. The van der Waals surface area contributed by atoms with Crippen LogP contribution >= 0.6 is 0 Å². The van der Waals surface area contributed by atoms with Gasteiger partial charge in [-0.1, -0.05) is 30.3 Å². The topological polar surface area (TPSA) is 82.2 Å². The molecule has 5 nitrogen and oxygen atoms in total. The molecule has 0 aromatic heterocycles. The summed E-state index contributed by atoms with van der Waals surface area (Å²) < 4.78 is 0. The summed E-state index contributed by atoms with van der Waals surface area (Å²) in [4.78, 5) is 13.6. The van der Waals surface area contributed by atoms with Crippen molar-refractivity contribution in [1.29, 1.82) is 5.26 Å². The van der Waals surface area contributed by atoms with E-state index < -0.39 is 6.04 Å². The van der Waals surface area contributed by atoms with Gasteiger partial charge in [0.15, 0.2) is 0 Å². The van der Waals surface area contributed by atoms with E-state index in [9.17, 15) is 4.79 Å². The summed E-state index contributed by atoms with van der Waals surface area (Å²) in [5, 5.41) is 8.56. The highest BCUT2D eigenvalue weighted by Crippen LogP contribution is 2.19. The van der Waals surface area contributed by atoms with Crippen LogP contribution in [-0.4, -0.2) is 24.4 Å². The van der Waals surface area contributed by atoms with Gasteiger partial charge in [-0.3, -0.25) is 15.1 Å². The van der Waals surface area contributed by atoms with Crippen molar-refractivity contribution >= 4 is 5.91 Å². The third-order valence-electron chi connectivity index (χ3n) is 2.52. The maximum Gasteiger partial charge on any atom is 0.255 e. The van der Waals surface area contributed by atoms with Gasteiger partial charge in [0.05, 0.1) is 6.07 Å². The number of nitrogens with zero attached hydrogens (tertiary/aromatic N) is 2. The highest BCUT2D eigenvalue weighted by molar-refractivity contribution is 5.82. The molecular formula is C12H16N4O. The first-order valence-electron chi connectivity index (χ1n) is 5.33.